The summed E-state index contributed by atoms with van der Waals surface area (Å²) in [6, 6.07) is 0. The number of halogens is 7. The lowest BCUT2D eigenvalue weighted by atomic mass is 9.49. The molecule has 1 unspecified atom stereocenters. The number of carbonyl (C=O) groups excluding carboxylic acids is 2. The summed E-state index contributed by atoms with van der Waals surface area (Å²) in [6.45, 7) is 12.5. The van der Waals surface area contributed by atoms with Gasteiger partial charge in [0.15, 0.2) is 23.3 Å². The predicted molar refractivity (Wildman–Crippen MR) is 142 cm³/mol. The number of hydrogen-bond acceptors (Lipinski definition) is 3. The number of ether oxygens (including phenoxy) is 1. The fraction of sp³-hybridized carbons (Fsp3) is 0.655. The quantitative estimate of drug-likeness (QED) is 0.117. The van der Waals surface area contributed by atoms with E-state index in [0.29, 0.717) is 0 Å². The maximum atomic E-state index is 14.7. The zero-order valence-electron chi connectivity index (χ0n) is 24.2. The summed E-state index contributed by atoms with van der Waals surface area (Å²) in [5.41, 5.74) is -2.44. The number of carbonyl (C=O) groups is 2. The molecule has 1 aromatic carbocycles. The van der Waals surface area contributed by atoms with E-state index in [0.717, 1.165) is 0 Å². The average molecular weight is 608 g/mol. The maximum absolute atomic E-state index is 14.7. The molecule has 0 radical (unpaired) electrons. The SMILES string of the molecule is COC(=O)C12CCC(C(=O)Nc3c(F)c(F)c(C(F)(F)F)c(F)c3F)(CC1)C(C#C[Si](C(C)C)(C(C)C)C(C)C)C2. The minimum atomic E-state index is -5.71. The number of esters is 1. The second-order valence-electron chi connectivity index (χ2n) is 12.3. The largest absolute Gasteiger partial charge is 0.469 e. The highest BCUT2D eigenvalue weighted by Gasteiger charge is 2.61. The van der Waals surface area contributed by atoms with Gasteiger partial charge in [-0.25, -0.2) is 17.6 Å². The number of anilines is 1. The van der Waals surface area contributed by atoms with Crippen LogP contribution in [0.25, 0.3) is 0 Å². The Morgan fingerprint density at radius 2 is 1.34 bits per heavy atom. The van der Waals surface area contributed by atoms with Crippen LogP contribution in [0.2, 0.25) is 16.6 Å². The third-order valence-electron chi connectivity index (χ3n) is 9.55. The number of hydrogen-bond donors (Lipinski definition) is 1. The molecule has 2 bridgehead atoms. The lowest BCUT2D eigenvalue weighted by molar-refractivity contribution is -0.168. The summed E-state index contributed by atoms with van der Waals surface area (Å²) < 4.78 is 102. The second-order valence-corrected chi connectivity index (χ2v) is 17.9. The Morgan fingerprint density at radius 1 is 0.878 bits per heavy atom. The fourth-order valence-corrected chi connectivity index (χ4v) is 12.6. The van der Waals surface area contributed by atoms with E-state index in [-0.39, 0.29) is 48.7 Å². The molecule has 3 fully saturated rings. The van der Waals surface area contributed by atoms with Crippen LogP contribution >= 0.6 is 0 Å². The molecule has 0 heterocycles. The fourth-order valence-electron chi connectivity index (χ4n) is 7.27. The minimum absolute atomic E-state index is 0.0573. The highest BCUT2D eigenvalue weighted by molar-refractivity contribution is 6.90. The predicted octanol–water partition coefficient (Wildman–Crippen LogP) is 8.16. The van der Waals surface area contributed by atoms with Crippen LogP contribution in [0.4, 0.5) is 36.4 Å². The van der Waals surface area contributed by atoms with Crippen LogP contribution in [0.1, 0.15) is 79.2 Å². The molecule has 1 atom stereocenters. The monoisotopic (exact) mass is 607 g/mol. The van der Waals surface area contributed by atoms with E-state index in [1.165, 1.54) is 7.11 Å². The molecular formula is C29H36F7NO3Si. The van der Waals surface area contributed by atoms with Gasteiger partial charge < -0.3 is 10.1 Å². The molecule has 3 aliphatic rings. The number of benzene rings is 1. The highest BCUT2D eigenvalue weighted by atomic mass is 28.3. The maximum Gasteiger partial charge on any atom is 0.422 e. The Labute approximate surface area is 236 Å². The van der Waals surface area contributed by atoms with Crippen LogP contribution in [0, 0.1) is 51.5 Å². The van der Waals surface area contributed by atoms with Crippen molar-refractivity contribution in [1.82, 2.24) is 0 Å². The molecule has 4 rings (SSSR count). The average Bonchev–Trinajstić information content (AvgIpc) is 2.89. The zero-order chi connectivity index (χ0) is 31.3. The van der Waals surface area contributed by atoms with Crippen molar-refractivity contribution in [2.45, 2.75) is 96.4 Å². The number of amides is 1. The lowest BCUT2D eigenvalue weighted by Crippen LogP contribution is -2.56. The molecule has 0 saturated heterocycles. The van der Waals surface area contributed by atoms with E-state index in [1.54, 1.807) is 0 Å². The smallest absolute Gasteiger partial charge is 0.422 e. The molecule has 228 valence electrons. The summed E-state index contributed by atoms with van der Waals surface area (Å²) >= 11 is 0. The molecule has 1 amide bonds. The molecule has 0 aliphatic heterocycles. The van der Waals surface area contributed by atoms with Gasteiger partial charge in [-0.05, 0) is 48.7 Å². The van der Waals surface area contributed by atoms with E-state index in [1.807, 2.05) is 5.32 Å². The normalized spacial score (nSPS) is 24.5. The van der Waals surface area contributed by atoms with Crippen molar-refractivity contribution in [3.8, 4) is 11.5 Å². The van der Waals surface area contributed by atoms with E-state index in [9.17, 15) is 40.3 Å². The molecule has 1 aromatic rings. The van der Waals surface area contributed by atoms with E-state index < -0.39 is 77.4 Å². The van der Waals surface area contributed by atoms with Crippen molar-refractivity contribution in [3.05, 3.63) is 28.8 Å². The Morgan fingerprint density at radius 3 is 1.73 bits per heavy atom. The van der Waals surface area contributed by atoms with Crippen molar-refractivity contribution in [3.63, 3.8) is 0 Å². The van der Waals surface area contributed by atoms with Gasteiger partial charge in [-0.3, -0.25) is 9.59 Å². The second kappa shape index (κ2) is 11.3. The number of rotatable bonds is 6. The Hall–Kier alpha value is -2.55. The van der Waals surface area contributed by atoms with Gasteiger partial charge in [-0.2, -0.15) is 13.2 Å². The number of fused-ring (bicyclic) bond motifs is 3. The summed E-state index contributed by atoms with van der Waals surface area (Å²) in [5.74, 6) is -8.98. The summed E-state index contributed by atoms with van der Waals surface area (Å²) in [6.07, 6.45) is -5.06. The van der Waals surface area contributed by atoms with E-state index in [4.69, 9.17) is 4.74 Å². The molecule has 3 saturated carbocycles. The molecule has 0 aromatic heterocycles. The first kappa shape index (κ1) is 33.0. The van der Waals surface area contributed by atoms with Gasteiger partial charge in [-0.1, -0.05) is 41.5 Å². The summed E-state index contributed by atoms with van der Waals surface area (Å²) in [5, 5.41) is 1.87. The van der Waals surface area contributed by atoms with Crippen LogP contribution in [-0.2, 0) is 20.5 Å². The topological polar surface area (TPSA) is 55.4 Å². The van der Waals surface area contributed by atoms with Crippen molar-refractivity contribution in [1.29, 1.82) is 0 Å². The van der Waals surface area contributed by atoms with Crippen LogP contribution in [0.5, 0.6) is 0 Å². The standard InChI is InChI=1S/C29H36F7NO3Si/c1-15(2)41(16(3)4,17(5)6)13-8-18-14-27(26(39)40-7)9-11-28(18,12-10-27)25(38)37-24-22(32)20(30)19(29(34,35)36)21(31)23(24)33/h15-18H,9-12,14H2,1-7H3,(H,37,38). The molecule has 0 spiro atoms. The van der Waals surface area contributed by atoms with Gasteiger partial charge in [0, 0.05) is 5.92 Å². The first-order valence-electron chi connectivity index (χ1n) is 13.7. The third-order valence-corrected chi connectivity index (χ3v) is 15.9. The van der Waals surface area contributed by atoms with E-state index >= 15 is 0 Å². The molecule has 4 nitrogen and oxygen atoms in total. The zero-order valence-corrected chi connectivity index (χ0v) is 25.2. The Kier molecular flexibility index (Phi) is 9.06. The van der Waals surface area contributed by atoms with E-state index in [2.05, 4.69) is 53.0 Å². The summed E-state index contributed by atoms with van der Waals surface area (Å²) in [4.78, 5) is 26.6. The molecule has 12 heteroatoms. The summed E-state index contributed by atoms with van der Waals surface area (Å²) in [7, 11) is -1.07. The van der Waals surface area contributed by atoms with Crippen molar-refractivity contribution in [2.75, 3.05) is 12.4 Å². The molecule has 41 heavy (non-hydrogen) atoms. The van der Waals surface area contributed by atoms with Crippen molar-refractivity contribution >= 4 is 25.6 Å². The van der Waals surface area contributed by atoms with Crippen molar-refractivity contribution in [2.24, 2.45) is 16.7 Å². The Bertz CT molecular complexity index is 1220. The van der Waals surface area contributed by atoms with Crippen LogP contribution < -0.4 is 5.32 Å². The first-order valence-corrected chi connectivity index (χ1v) is 15.9. The van der Waals surface area contributed by atoms with Gasteiger partial charge in [0.1, 0.15) is 19.3 Å². The van der Waals surface area contributed by atoms with Crippen LogP contribution in [-0.4, -0.2) is 27.1 Å². The number of alkyl halides is 3. The van der Waals surface area contributed by atoms with Crippen LogP contribution in [0.3, 0.4) is 0 Å². The Balaban J connectivity index is 2.14. The van der Waals surface area contributed by atoms with Gasteiger partial charge in [0.05, 0.1) is 17.9 Å². The van der Waals surface area contributed by atoms with Gasteiger partial charge in [-0.15, -0.1) is 11.5 Å². The van der Waals surface area contributed by atoms with Gasteiger partial charge in [0.25, 0.3) is 0 Å². The highest BCUT2D eigenvalue weighted by Crippen LogP contribution is 2.60. The molecule has 1 N–H and O–H groups in total. The number of methoxy groups -OCH3 is 1. The lowest BCUT2D eigenvalue weighted by Gasteiger charge is -2.54. The molecule has 3 aliphatic carbocycles. The third kappa shape index (κ3) is 5.27. The minimum Gasteiger partial charge on any atom is -0.469 e. The first-order chi connectivity index (χ1) is 18.8. The molecular weight excluding hydrogens is 571 g/mol. The van der Waals surface area contributed by atoms with Crippen LogP contribution in [0.15, 0.2) is 0 Å². The number of nitrogens with one attached hydrogen (secondary N) is 1. The van der Waals surface area contributed by atoms with Crippen molar-refractivity contribution < 1.29 is 45.1 Å². The van der Waals surface area contributed by atoms with Gasteiger partial charge in [0.2, 0.25) is 5.91 Å². The van der Waals surface area contributed by atoms with Gasteiger partial charge >= 0.3 is 12.1 Å².